The van der Waals surface area contributed by atoms with Crippen molar-refractivity contribution in [1.82, 2.24) is 15.5 Å². The summed E-state index contributed by atoms with van der Waals surface area (Å²) in [5.74, 6) is 3.22. The van der Waals surface area contributed by atoms with Gasteiger partial charge >= 0.3 is 0 Å². The summed E-state index contributed by atoms with van der Waals surface area (Å²) in [7, 11) is 7.46. The van der Waals surface area contributed by atoms with Gasteiger partial charge < -0.3 is 29.7 Å². The Morgan fingerprint density at radius 3 is 2.30 bits per heavy atom. The number of aliphatic imine (C=N–C) groups is 1. The van der Waals surface area contributed by atoms with E-state index >= 15 is 0 Å². The standard InChI is InChI=1S/C22H32N4O3.HI/c1-23-22(24-12-14-28-20-10-8-19(27-4)9-11-20)25-17-18-6-5-7-21(16-18)29-15-13-26(2)3;/h5-11,16H,12-15,17H2,1-4H3,(H2,23,24,25);1H. The van der Waals surface area contributed by atoms with Crippen LogP contribution in [0.15, 0.2) is 53.5 Å². The van der Waals surface area contributed by atoms with Crippen molar-refractivity contribution in [3.05, 3.63) is 54.1 Å². The molecule has 0 atom stereocenters. The second kappa shape index (κ2) is 14.7. The molecule has 0 aliphatic heterocycles. The van der Waals surface area contributed by atoms with Crippen LogP contribution in [0, 0.1) is 0 Å². The van der Waals surface area contributed by atoms with Crippen molar-refractivity contribution >= 4 is 29.9 Å². The number of nitrogens with one attached hydrogen (secondary N) is 2. The zero-order chi connectivity index (χ0) is 20.9. The zero-order valence-electron chi connectivity index (χ0n) is 18.2. The molecule has 2 rings (SSSR count). The van der Waals surface area contributed by atoms with Crippen LogP contribution in [0.25, 0.3) is 0 Å². The topological polar surface area (TPSA) is 67.4 Å². The van der Waals surface area contributed by atoms with Gasteiger partial charge in [-0.2, -0.15) is 0 Å². The van der Waals surface area contributed by atoms with Crippen molar-refractivity contribution in [3.8, 4) is 17.2 Å². The highest BCUT2D eigenvalue weighted by atomic mass is 127. The number of rotatable bonds is 11. The summed E-state index contributed by atoms with van der Waals surface area (Å²) < 4.78 is 16.6. The van der Waals surface area contributed by atoms with E-state index in [9.17, 15) is 0 Å². The van der Waals surface area contributed by atoms with Crippen molar-refractivity contribution in [2.45, 2.75) is 6.54 Å². The number of hydrogen-bond acceptors (Lipinski definition) is 5. The summed E-state index contributed by atoms with van der Waals surface area (Å²) in [5.41, 5.74) is 1.13. The van der Waals surface area contributed by atoms with E-state index in [1.807, 2.05) is 56.6 Å². The molecule has 0 aliphatic rings. The number of halogens is 1. The van der Waals surface area contributed by atoms with Crippen LogP contribution in [0.4, 0.5) is 0 Å². The Hall–Kier alpha value is -2.20. The molecule has 0 aromatic heterocycles. The van der Waals surface area contributed by atoms with E-state index in [1.54, 1.807) is 14.2 Å². The number of hydrogen-bond donors (Lipinski definition) is 2. The third-order valence-corrected chi connectivity index (χ3v) is 4.11. The highest BCUT2D eigenvalue weighted by Gasteiger charge is 2.01. The van der Waals surface area contributed by atoms with Crippen LogP contribution in [0.1, 0.15) is 5.56 Å². The van der Waals surface area contributed by atoms with Gasteiger partial charge in [0.25, 0.3) is 0 Å². The summed E-state index contributed by atoms with van der Waals surface area (Å²) >= 11 is 0. The Morgan fingerprint density at radius 1 is 0.933 bits per heavy atom. The Kier molecular flexibility index (Phi) is 12.7. The Bertz CT molecular complexity index is 754. The Labute approximate surface area is 196 Å². The van der Waals surface area contributed by atoms with E-state index in [0.29, 0.717) is 26.3 Å². The molecule has 8 heteroatoms. The van der Waals surface area contributed by atoms with Crippen molar-refractivity contribution < 1.29 is 14.2 Å². The molecule has 0 heterocycles. The molecule has 0 unspecified atom stereocenters. The Balaban J connectivity index is 0.00000450. The van der Waals surface area contributed by atoms with Crippen LogP contribution in [-0.4, -0.2) is 65.4 Å². The van der Waals surface area contributed by atoms with E-state index in [4.69, 9.17) is 14.2 Å². The van der Waals surface area contributed by atoms with Gasteiger partial charge in [0.1, 0.15) is 30.5 Å². The van der Waals surface area contributed by atoms with Gasteiger partial charge in [-0.25, -0.2) is 0 Å². The molecule has 30 heavy (non-hydrogen) atoms. The number of benzene rings is 2. The first-order valence-electron chi connectivity index (χ1n) is 9.68. The van der Waals surface area contributed by atoms with E-state index in [2.05, 4.69) is 26.6 Å². The van der Waals surface area contributed by atoms with Crippen molar-refractivity contribution in [2.75, 3.05) is 54.6 Å². The molecule has 2 aromatic carbocycles. The maximum atomic E-state index is 5.79. The fourth-order valence-corrected chi connectivity index (χ4v) is 2.51. The maximum absolute atomic E-state index is 5.79. The highest BCUT2D eigenvalue weighted by molar-refractivity contribution is 14.0. The van der Waals surface area contributed by atoms with Crippen molar-refractivity contribution in [3.63, 3.8) is 0 Å². The van der Waals surface area contributed by atoms with Gasteiger partial charge in [0, 0.05) is 20.1 Å². The average molecular weight is 528 g/mol. The van der Waals surface area contributed by atoms with E-state index in [1.165, 1.54) is 0 Å². The Morgan fingerprint density at radius 2 is 1.63 bits per heavy atom. The van der Waals surface area contributed by atoms with Crippen molar-refractivity contribution in [2.24, 2.45) is 4.99 Å². The van der Waals surface area contributed by atoms with Crippen LogP contribution in [0.3, 0.4) is 0 Å². The first kappa shape index (κ1) is 25.8. The van der Waals surface area contributed by atoms with Gasteiger partial charge in [0.15, 0.2) is 5.96 Å². The molecule has 2 aromatic rings. The van der Waals surface area contributed by atoms with Crippen LogP contribution >= 0.6 is 24.0 Å². The van der Waals surface area contributed by atoms with Crippen LogP contribution in [0.5, 0.6) is 17.2 Å². The normalized spacial score (nSPS) is 10.9. The molecule has 0 spiro atoms. The van der Waals surface area contributed by atoms with E-state index in [0.717, 1.165) is 35.3 Å². The molecule has 0 fully saturated rings. The maximum Gasteiger partial charge on any atom is 0.191 e. The van der Waals surface area contributed by atoms with E-state index < -0.39 is 0 Å². The summed E-state index contributed by atoms with van der Waals surface area (Å²) in [6.07, 6.45) is 0. The van der Waals surface area contributed by atoms with Crippen LogP contribution < -0.4 is 24.8 Å². The lowest BCUT2D eigenvalue weighted by molar-refractivity contribution is 0.261. The summed E-state index contributed by atoms with van der Waals surface area (Å²) in [6.45, 7) is 3.38. The molecule has 0 aliphatic carbocycles. The third kappa shape index (κ3) is 10.0. The fraction of sp³-hybridized carbons (Fsp3) is 0.409. The summed E-state index contributed by atoms with van der Waals surface area (Å²) in [6, 6.07) is 15.6. The zero-order valence-corrected chi connectivity index (χ0v) is 20.5. The second-order valence-corrected chi connectivity index (χ2v) is 6.68. The van der Waals surface area contributed by atoms with Gasteiger partial charge in [-0.3, -0.25) is 4.99 Å². The largest absolute Gasteiger partial charge is 0.497 e. The molecular formula is C22H33IN4O3. The fourth-order valence-electron chi connectivity index (χ4n) is 2.51. The molecule has 0 radical (unpaired) electrons. The first-order valence-corrected chi connectivity index (χ1v) is 9.68. The van der Waals surface area contributed by atoms with Gasteiger partial charge in [0.2, 0.25) is 0 Å². The second-order valence-electron chi connectivity index (χ2n) is 6.68. The number of methoxy groups -OCH3 is 1. The van der Waals surface area contributed by atoms with Gasteiger partial charge in [-0.1, -0.05) is 12.1 Å². The van der Waals surface area contributed by atoms with Gasteiger partial charge in [-0.15, -0.1) is 24.0 Å². The van der Waals surface area contributed by atoms with Crippen LogP contribution in [-0.2, 0) is 6.54 Å². The lowest BCUT2D eigenvalue weighted by atomic mass is 10.2. The molecular weight excluding hydrogens is 495 g/mol. The minimum atomic E-state index is 0. The van der Waals surface area contributed by atoms with Gasteiger partial charge in [-0.05, 0) is 56.1 Å². The molecule has 0 amide bonds. The molecule has 166 valence electrons. The number of guanidine groups is 1. The number of likely N-dealkylation sites (N-methyl/N-ethyl adjacent to an activating group) is 1. The third-order valence-electron chi connectivity index (χ3n) is 4.11. The smallest absolute Gasteiger partial charge is 0.191 e. The SMILES string of the molecule is CN=C(NCCOc1ccc(OC)cc1)NCc1cccc(OCCN(C)C)c1.I. The molecule has 0 saturated heterocycles. The molecule has 0 bridgehead atoms. The number of ether oxygens (including phenoxy) is 3. The van der Waals surface area contributed by atoms with E-state index in [-0.39, 0.29) is 24.0 Å². The van der Waals surface area contributed by atoms with Crippen molar-refractivity contribution in [1.29, 1.82) is 0 Å². The molecule has 7 nitrogen and oxygen atoms in total. The predicted octanol–water partition coefficient (Wildman–Crippen LogP) is 3.00. The van der Waals surface area contributed by atoms with Gasteiger partial charge in [0.05, 0.1) is 13.7 Å². The average Bonchev–Trinajstić information content (AvgIpc) is 2.73. The highest BCUT2D eigenvalue weighted by Crippen LogP contribution is 2.16. The first-order chi connectivity index (χ1) is 14.1. The minimum Gasteiger partial charge on any atom is -0.497 e. The molecule has 0 saturated carbocycles. The van der Waals surface area contributed by atoms with Crippen LogP contribution in [0.2, 0.25) is 0 Å². The molecule has 2 N–H and O–H groups in total. The summed E-state index contributed by atoms with van der Waals surface area (Å²) in [5, 5.41) is 6.55. The lowest BCUT2D eigenvalue weighted by Gasteiger charge is -2.14. The summed E-state index contributed by atoms with van der Waals surface area (Å²) in [4.78, 5) is 6.34. The lowest BCUT2D eigenvalue weighted by Crippen LogP contribution is -2.38. The quantitative estimate of drug-likeness (QED) is 0.202. The monoisotopic (exact) mass is 528 g/mol. The minimum absolute atomic E-state index is 0. The predicted molar refractivity (Wildman–Crippen MR) is 133 cm³/mol. The number of nitrogens with zero attached hydrogens (tertiary/aromatic N) is 2.